The lowest BCUT2D eigenvalue weighted by Crippen LogP contribution is -2.34. The van der Waals surface area contributed by atoms with Crippen LogP contribution in [0.25, 0.3) is 0 Å². The van der Waals surface area contributed by atoms with E-state index in [2.05, 4.69) is 31.1 Å². The maximum atomic E-state index is 3.51. The molecule has 2 aliphatic rings. The van der Waals surface area contributed by atoms with Gasteiger partial charge < -0.3 is 10.2 Å². The molecule has 0 aromatic heterocycles. The van der Waals surface area contributed by atoms with Crippen LogP contribution in [0.4, 0.5) is 0 Å². The summed E-state index contributed by atoms with van der Waals surface area (Å²) in [5, 5.41) is 3.51. The Morgan fingerprint density at radius 1 is 1.11 bits per heavy atom. The molecule has 0 radical (unpaired) electrons. The van der Waals surface area contributed by atoms with Crippen molar-refractivity contribution in [3.63, 3.8) is 0 Å². The summed E-state index contributed by atoms with van der Waals surface area (Å²) >= 11 is 0. The number of hydrogen-bond donors (Lipinski definition) is 1. The predicted octanol–water partition coefficient (Wildman–Crippen LogP) is 3.28. The first-order chi connectivity index (χ1) is 8.70. The zero-order chi connectivity index (χ0) is 13.0. The summed E-state index contributed by atoms with van der Waals surface area (Å²) in [4.78, 5) is 2.78. The number of hydrogen-bond acceptors (Lipinski definition) is 2. The van der Waals surface area contributed by atoms with E-state index in [9.17, 15) is 0 Å². The van der Waals surface area contributed by atoms with E-state index in [0.717, 1.165) is 23.9 Å². The summed E-state index contributed by atoms with van der Waals surface area (Å²) in [5.41, 5.74) is 0. The van der Waals surface area contributed by atoms with Gasteiger partial charge in [0.05, 0.1) is 0 Å². The van der Waals surface area contributed by atoms with Gasteiger partial charge in [0.25, 0.3) is 0 Å². The van der Waals surface area contributed by atoms with Crippen LogP contribution < -0.4 is 5.32 Å². The minimum Gasteiger partial charge on any atom is -0.317 e. The standard InChI is InChI=1S/C16H32N2/c1-13(2)9-11-18(15-7-8-15)12-10-14-5-4-6-16(14)17-3/h13-17H,4-12H2,1-3H3. The van der Waals surface area contributed by atoms with Crippen LogP contribution in [0.2, 0.25) is 0 Å². The average Bonchev–Trinajstić information content (AvgIpc) is 3.07. The highest BCUT2D eigenvalue weighted by Crippen LogP contribution is 2.31. The topological polar surface area (TPSA) is 15.3 Å². The largest absolute Gasteiger partial charge is 0.317 e. The van der Waals surface area contributed by atoms with Crippen LogP contribution >= 0.6 is 0 Å². The van der Waals surface area contributed by atoms with Gasteiger partial charge in [-0.2, -0.15) is 0 Å². The molecule has 0 spiro atoms. The third-order valence-electron chi connectivity index (χ3n) is 4.87. The lowest BCUT2D eigenvalue weighted by molar-refractivity contribution is 0.222. The monoisotopic (exact) mass is 252 g/mol. The van der Waals surface area contributed by atoms with Gasteiger partial charge in [-0.15, -0.1) is 0 Å². The van der Waals surface area contributed by atoms with Gasteiger partial charge in [-0.05, 0) is 70.5 Å². The Morgan fingerprint density at radius 3 is 2.50 bits per heavy atom. The first-order valence-electron chi connectivity index (χ1n) is 8.12. The molecule has 0 aliphatic heterocycles. The predicted molar refractivity (Wildman–Crippen MR) is 78.9 cm³/mol. The molecule has 0 aromatic rings. The second-order valence-corrected chi connectivity index (χ2v) is 6.82. The van der Waals surface area contributed by atoms with Gasteiger partial charge in [0.15, 0.2) is 0 Å². The Kier molecular flexibility index (Phi) is 5.50. The molecule has 0 bridgehead atoms. The molecule has 0 aromatic carbocycles. The molecular formula is C16H32N2. The third-order valence-corrected chi connectivity index (χ3v) is 4.87. The van der Waals surface area contributed by atoms with E-state index in [-0.39, 0.29) is 0 Å². The molecule has 2 aliphatic carbocycles. The Labute approximate surface area is 114 Å². The second kappa shape index (κ2) is 6.91. The maximum absolute atomic E-state index is 3.51. The summed E-state index contributed by atoms with van der Waals surface area (Å²) in [6.07, 6.45) is 9.99. The molecule has 18 heavy (non-hydrogen) atoms. The fourth-order valence-electron chi connectivity index (χ4n) is 3.43. The van der Waals surface area contributed by atoms with Gasteiger partial charge in [0.2, 0.25) is 0 Å². The summed E-state index contributed by atoms with van der Waals surface area (Å²) in [6.45, 7) is 7.37. The van der Waals surface area contributed by atoms with Crippen molar-refractivity contribution >= 4 is 0 Å². The van der Waals surface area contributed by atoms with Gasteiger partial charge in [0.1, 0.15) is 0 Å². The smallest absolute Gasteiger partial charge is 0.00964 e. The van der Waals surface area contributed by atoms with Crippen LogP contribution in [0.3, 0.4) is 0 Å². The van der Waals surface area contributed by atoms with Crippen molar-refractivity contribution in [1.29, 1.82) is 0 Å². The van der Waals surface area contributed by atoms with Crippen molar-refractivity contribution in [3.05, 3.63) is 0 Å². The van der Waals surface area contributed by atoms with E-state index < -0.39 is 0 Å². The van der Waals surface area contributed by atoms with Gasteiger partial charge in [-0.1, -0.05) is 20.3 Å². The van der Waals surface area contributed by atoms with Crippen LogP contribution in [0.1, 0.15) is 58.8 Å². The van der Waals surface area contributed by atoms with E-state index >= 15 is 0 Å². The molecule has 2 rings (SSSR count). The molecule has 106 valence electrons. The van der Waals surface area contributed by atoms with Crippen LogP contribution in [0.5, 0.6) is 0 Å². The van der Waals surface area contributed by atoms with E-state index in [0.29, 0.717) is 0 Å². The molecule has 0 saturated heterocycles. The summed E-state index contributed by atoms with van der Waals surface area (Å²) < 4.78 is 0. The zero-order valence-electron chi connectivity index (χ0n) is 12.6. The van der Waals surface area contributed by atoms with Gasteiger partial charge >= 0.3 is 0 Å². The molecular weight excluding hydrogens is 220 g/mol. The Hall–Kier alpha value is -0.0800. The van der Waals surface area contributed by atoms with Crippen LogP contribution in [-0.2, 0) is 0 Å². The molecule has 2 atom stereocenters. The lowest BCUT2D eigenvalue weighted by atomic mass is 9.99. The molecule has 1 N–H and O–H groups in total. The Balaban J connectivity index is 1.71. The van der Waals surface area contributed by atoms with Crippen LogP contribution in [0, 0.1) is 11.8 Å². The average molecular weight is 252 g/mol. The van der Waals surface area contributed by atoms with Crippen LogP contribution in [-0.4, -0.2) is 37.1 Å². The third kappa shape index (κ3) is 4.24. The summed E-state index contributed by atoms with van der Waals surface area (Å²) in [5.74, 6) is 1.79. The first kappa shape index (κ1) is 14.3. The fraction of sp³-hybridized carbons (Fsp3) is 1.00. The zero-order valence-corrected chi connectivity index (χ0v) is 12.6. The van der Waals surface area contributed by atoms with Crippen molar-refractivity contribution in [2.24, 2.45) is 11.8 Å². The van der Waals surface area contributed by atoms with Crippen LogP contribution in [0.15, 0.2) is 0 Å². The van der Waals surface area contributed by atoms with E-state index in [4.69, 9.17) is 0 Å². The van der Waals surface area contributed by atoms with Gasteiger partial charge in [0, 0.05) is 12.1 Å². The first-order valence-corrected chi connectivity index (χ1v) is 8.12. The van der Waals surface area contributed by atoms with E-state index in [1.807, 2.05) is 0 Å². The number of nitrogens with one attached hydrogen (secondary N) is 1. The van der Waals surface area contributed by atoms with Crippen molar-refractivity contribution in [3.8, 4) is 0 Å². The van der Waals surface area contributed by atoms with Crippen molar-refractivity contribution in [2.45, 2.75) is 70.9 Å². The molecule has 2 saturated carbocycles. The van der Waals surface area contributed by atoms with Crippen molar-refractivity contribution in [1.82, 2.24) is 10.2 Å². The van der Waals surface area contributed by atoms with Crippen molar-refractivity contribution in [2.75, 3.05) is 20.1 Å². The molecule has 2 fully saturated rings. The summed E-state index contributed by atoms with van der Waals surface area (Å²) in [6, 6.07) is 1.74. The lowest BCUT2D eigenvalue weighted by Gasteiger charge is -2.26. The number of nitrogens with zero attached hydrogens (tertiary/aromatic N) is 1. The highest BCUT2D eigenvalue weighted by Gasteiger charge is 2.31. The second-order valence-electron chi connectivity index (χ2n) is 6.82. The van der Waals surface area contributed by atoms with Gasteiger partial charge in [-0.3, -0.25) is 0 Å². The highest BCUT2D eigenvalue weighted by molar-refractivity contribution is 4.87. The highest BCUT2D eigenvalue weighted by atomic mass is 15.2. The van der Waals surface area contributed by atoms with Gasteiger partial charge in [-0.25, -0.2) is 0 Å². The minimum absolute atomic E-state index is 0.802. The molecule has 2 unspecified atom stereocenters. The van der Waals surface area contributed by atoms with Crippen molar-refractivity contribution < 1.29 is 0 Å². The molecule has 2 heteroatoms. The van der Waals surface area contributed by atoms with E-state index in [1.165, 1.54) is 58.0 Å². The number of rotatable bonds is 8. The maximum Gasteiger partial charge on any atom is 0.00964 e. The SMILES string of the molecule is CNC1CCCC1CCN(CCC(C)C)C1CC1. The normalized spacial score (nSPS) is 28.5. The quantitative estimate of drug-likeness (QED) is 0.713. The molecule has 0 amide bonds. The summed E-state index contributed by atoms with van der Waals surface area (Å²) in [7, 11) is 2.14. The molecule has 2 nitrogen and oxygen atoms in total. The Morgan fingerprint density at radius 2 is 1.89 bits per heavy atom. The molecule has 0 heterocycles. The Bertz CT molecular complexity index is 235. The fourth-order valence-corrected chi connectivity index (χ4v) is 3.43. The minimum atomic E-state index is 0.802. The van der Waals surface area contributed by atoms with E-state index in [1.54, 1.807) is 0 Å².